The van der Waals surface area contributed by atoms with Crippen LogP contribution in [0.25, 0.3) is 0 Å². The SMILES string of the molecule is Cc1ccc(C(=O)OCCCn2ccc(=O)c(O)c2C)cn1. The highest BCUT2D eigenvalue weighted by molar-refractivity contribution is 5.88. The number of carbonyl (C=O) groups excluding carboxylic acids is 1. The number of nitrogens with zero attached hydrogens (tertiary/aromatic N) is 2. The van der Waals surface area contributed by atoms with Crippen molar-refractivity contribution in [3.8, 4) is 5.75 Å². The maximum atomic E-state index is 11.8. The van der Waals surface area contributed by atoms with Crippen molar-refractivity contribution in [2.75, 3.05) is 6.61 Å². The van der Waals surface area contributed by atoms with E-state index in [1.165, 1.54) is 12.3 Å². The first-order valence-electron chi connectivity index (χ1n) is 6.98. The van der Waals surface area contributed by atoms with E-state index in [0.717, 1.165) is 5.69 Å². The monoisotopic (exact) mass is 302 g/mol. The summed E-state index contributed by atoms with van der Waals surface area (Å²) in [5, 5.41) is 9.58. The van der Waals surface area contributed by atoms with Gasteiger partial charge in [-0.3, -0.25) is 9.78 Å². The molecule has 0 aliphatic heterocycles. The molecule has 116 valence electrons. The van der Waals surface area contributed by atoms with Crippen molar-refractivity contribution < 1.29 is 14.6 Å². The summed E-state index contributed by atoms with van der Waals surface area (Å²) in [7, 11) is 0. The Balaban J connectivity index is 1.85. The number of ether oxygens (including phenoxy) is 1. The molecule has 0 aromatic carbocycles. The number of carbonyl (C=O) groups is 1. The van der Waals surface area contributed by atoms with E-state index >= 15 is 0 Å². The van der Waals surface area contributed by atoms with Gasteiger partial charge in [0, 0.05) is 30.7 Å². The van der Waals surface area contributed by atoms with Gasteiger partial charge in [-0.05, 0) is 32.4 Å². The summed E-state index contributed by atoms with van der Waals surface area (Å²) in [5.41, 5.74) is 1.36. The first-order valence-corrected chi connectivity index (χ1v) is 6.98. The van der Waals surface area contributed by atoms with Gasteiger partial charge in [0.05, 0.1) is 17.9 Å². The van der Waals surface area contributed by atoms with Crippen molar-refractivity contribution in [3.63, 3.8) is 0 Å². The lowest BCUT2D eigenvalue weighted by Crippen LogP contribution is -2.13. The highest BCUT2D eigenvalue weighted by atomic mass is 16.5. The first-order chi connectivity index (χ1) is 10.5. The van der Waals surface area contributed by atoms with Gasteiger partial charge in [0.2, 0.25) is 5.43 Å². The van der Waals surface area contributed by atoms with E-state index in [9.17, 15) is 14.7 Å². The van der Waals surface area contributed by atoms with E-state index in [1.54, 1.807) is 29.8 Å². The van der Waals surface area contributed by atoms with Crippen LogP contribution in [0.2, 0.25) is 0 Å². The number of hydrogen-bond acceptors (Lipinski definition) is 5. The number of pyridine rings is 2. The smallest absolute Gasteiger partial charge is 0.339 e. The first kappa shape index (κ1) is 15.8. The predicted octanol–water partition coefficient (Wildman–Crippen LogP) is 1.81. The third kappa shape index (κ3) is 3.72. The second-order valence-corrected chi connectivity index (χ2v) is 4.99. The maximum absolute atomic E-state index is 11.8. The van der Waals surface area contributed by atoms with Crippen LogP contribution in [0.3, 0.4) is 0 Å². The third-order valence-electron chi connectivity index (χ3n) is 3.34. The summed E-state index contributed by atoms with van der Waals surface area (Å²) in [6.45, 7) is 4.30. The van der Waals surface area contributed by atoms with Crippen molar-refractivity contribution in [2.24, 2.45) is 0 Å². The summed E-state index contributed by atoms with van der Waals surface area (Å²) >= 11 is 0. The third-order valence-corrected chi connectivity index (χ3v) is 3.34. The maximum Gasteiger partial charge on any atom is 0.339 e. The number of rotatable bonds is 5. The Labute approximate surface area is 128 Å². The van der Waals surface area contributed by atoms with Crippen LogP contribution in [0.15, 0.2) is 35.4 Å². The van der Waals surface area contributed by atoms with Crippen molar-refractivity contribution in [1.29, 1.82) is 0 Å². The molecule has 0 aliphatic rings. The molecule has 6 nitrogen and oxygen atoms in total. The van der Waals surface area contributed by atoms with Gasteiger partial charge < -0.3 is 14.4 Å². The molecule has 2 rings (SSSR count). The van der Waals surface area contributed by atoms with Crippen LogP contribution in [0.5, 0.6) is 5.75 Å². The van der Waals surface area contributed by atoms with Crippen LogP contribution in [0, 0.1) is 13.8 Å². The van der Waals surface area contributed by atoms with Crippen LogP contribution < -0.4 is 5.43 Å². The van der Waals surface area contributed by atoms with Crippen molar-refractivity contribution >= 4 is 5.97 Å². The topological polar surface area (TPSA) is 81.4 Å². The molecule has 0 atom stereocenters. The molecule has 2 aromatic heterocycles. The fourth-order valence-electron chi connectivity index (χ4n) is 1.98. The minimum Gasteiger partial charge on any atom is -0.503 e. The Morgan fingerprint density at radius 3 is 2.77 bits per heavy atom. The van der Waals surface area contributed by atoms with Crippen LogP contribution in [0.4, 0.5) is 0 Å². The normalized spacial score (nSPS) is 10.5. The quantitative estimate of drug-likeness (QED) is 0.673. The van der Waals surface area contributed by atoms with Crippen LogP contribution in [0.1, 0.15) is 28.2 Å². The minimum absolute atomic E-state index is 0.245. The van der Waals surface area contributed by atoms with Crippen molar-refractivity contribution in [1.82, 2.24) is 9.55 Å². The Morgan fingerprint density at radius 1 is 1.32 bits per heavy atom. The van der Waals surface area contributed by atoms with Gasteiger partial charge in [-0.1, -0.05) is 0 Å². The molecule has 0 radical (unpaired) electrons. The molecule has 0 amide bonds. The molecule has 2 aromatic rings. The molecule has 1 N–H and O–H groups in total. The zero-order valence-electron chi connectivity index (χ0n) is 12.6. The van der Waals surface area contributed by atoms with E-state index in [-0.39, 0.29) is 12.4 Å². The van der Waals surface area contributed by atoms with Gasteiger partial charge in [0.1, 0.15) is 0 Å². The van der Waals surface area contributed by atoms with E-state index < -0.39 is 11.4 Å². The number of aryl methyl sites for hydroxylation is 2. The summed E-state index contributed by atoms with van der Waals surface area (Å²) in [4.78, 5) is 27.1. The zero-order chi connectivity index (χ0) is 16.1. The largest absolute Gasteiger partial charge is 0.503 e. The lowest BCUT2D eigenvalue weighted by atomic mass is 10.2. The van der Waals surface area contributed by atoms with Crippen LogP contribution in [-0.4, -0.2) is 27.2 Å². The summed E-state index contributed by atoms with van der Waals surface area (Å²) in [5.74, 6) is -0.655. The standard InChI is InChI=1S/C16H18N2O4/c1-11-4-5-13(10-17-11)16(21)22-9-3-7-18-8-6-14(19)15(20)12(18)2/h4-6,8,10,20H,3,7,9H2,1-2H3. The van der Waals surface area contributed by atoms with Crippen LogP contribution >= 0.6 is 0 Å². The number of esters is 1. The second kappa shape index (κ2) is 6.89. The van der Waals surface area contributed by atoms with Crippen LogP contribution in [-0.2, 0) is 11.3 Å². The van der Waals surface area contributed by atoms with E-state index in [4.69, 9.17) is 4.74 Å². The van der Waals surface area contributed by atoms with E-state index in [2.05, 4.69) is 4.98 Å². The molecule has 0 fully saturated rings. The summed E-state index contributed by atoms with van der Waals surface area (Å²) in [6.07, 6.45) is 3.68. The van der Waals surface area contributed by atoms with Gasteiger partial charge in [0.15, 0.2) is 5.75 Å². The number of hydrogen-bond donors (Lipinski definition) is 1. The van der Waals surface area contributed by atoms with Gasteiger partial charge in [-0.2, -0.15) is 0 Å². The van der Waals surface area contributed by atoms with Gasteiger partial charge in [-0.25, -0.2) is 4.79 Å². The molecular weight excluding hydrogens is 284 g/mol. The molecule has 0 unspecified atom stereocenters. The van der Waals surface area contributed by atoms with Gasteiger partial charge in [-0.15, -0.1) is 0 Å². The second-order valence-electron chi connectivity index (χ2n) is 4.99. The van der Waals surface area contributed by atoms with Gasteiger partial charge in [0.25, 0.3) is 0 Å². The average Bonchev–Trinajstić information content (AvgIpc) is 2.51. The molecule has 0 saturated heterocycles. The molecule has 0 bridgehead atoms. The lowest BCUT2D eigenvalue weighted by molar-refractivity contribution is 0.0495. The summed E-state index contributed by atoms with van der Waals surface area (Å²) < 4.78 is 6.92. The molecule has 0 aliphatic carbocycles. The molecular formula is C16H18N2O4. The predicted molar refractivity (Wildman–Crippen MR) is 81.0 cm³/mol. The van der Waals surface area contributed by atoms with Crippen molar-refractivity contribution in [3.05, 3.63) is 57.8 Å². The molecule has 22 heavy (non-hydrogen) atoms. The zero-order valence-corrected chi connectivity index (χ0v) is 12.6. The lowest BCUT2D eigenvalue weighted by Gasteiger charge is -2.11. The fraction of sp³-hybridized carbons (Fsp3) is 0.312. The molecule has 0 spiro atoms. The Morgan fingerprint density at radius 2 is 2.09 bits per heavy atom. The summed E-state index contributed by atoms with van der Waals surface area (Å²) in [6, 6.07) is 4.74. The Bertz CT molecular complexity index is 720. The molecule has 2 heterocycles. The number of aromatic hydroxyl groups is 1. The number of aromatic nitrogens is 2. The Hall–Kier alpha value is -2.63. The molecule has 6 heteroatoms. The average molecular weight is 302 g/mol. The van der Waals surface area contributed by atoms with E-state index in [1.807, 2.05) is 6.92 Å². The highest BCUT2D eigenvalue weighted by Gasteiger charge is 2.08. The Kier molecular flexibility index (Phi) is 4.93. The van der Waals surface area contributed by atoms with Gasteiger partial charge >= 0.3 is 5.97 Å². The van der Waals surface area contributed by atoms with E-state index in [0.29, 0.717) is 24.2 Å². The molecule has 0 saturated carbocycles. The minimum atomic E-state index is -0.410. The fourth-order valence-corrected chi connectivity index (χ4v) is 1.98. The highest BCUT2D eigenvalue weighted by Crippen LogP contribution is 2.10. The van der Waals surface area contributed by atoms with Crippen molar-refractivity contribution in [2.45, 2.75) is 26.8 Å².